The Morgan fingerprint density at radius 1 is 1.40 bits per heavy atom. The number of ether oxygens (including phenoxy) is 1. The van der Waals surface area contributed by atoms with E-state index in [2.05, 4.69) is 15.8 Å². The van der Waals surface area contributed by atoms with Gasteiger partial charge in [0.2, 0.25) is 5.91 Å². The minimum absolute atomic E-state index is 0.157. The number of rotatable bonds is 5. The number of benzene rings is 1. The molecule has 20 heavy (non-hydrogen) atoms. The van der Waals surface area contributed by atoms with Gasteiger partial charge in [0.1, 0.15) is 11.5 Å². The van der Waals surface area contributed by atoms with Crippen molar-refractivity contribution in [3.8, 4) is 5.75 Å². The third-order valence-corrected chi connectivity index (χ3v) is 3.04. The molecule has 2 amide bonds. The van der Waals surface area contributed by atoms with Gasteiger partial charge in [0.25, 0.3) is 5.91 Å². The lowest BCUT2D eigenvalue weighted by atomic mass is 10.1. The van der Waals surface area contributed by atoms with Crippen LogP contribution in [0.2, 0.25) is 0 Å². The van der Waals surface area contributed by atoms with Crippen LogP contribution < -0.4 is 15.5 Å². The van der Waals surface area contributed by atoms with Crippen molar-refractivity contribution >= 4 is 17.5 Å². The predicted octanol–water partition coefficient (Wildman–Crippen LogP) is 0.620. The van der Waals surface area contributed by atoms with Gasteiger partial charge in [0, 0.05) is 19.4 Å². The first kappa shape index (κ1) is 14.0. The fraction of sp³-hybridized carbons (Fsp3) is 0.357. The Labute approximate surface area is 117 Å². The summed E-state index contributed by atoms with van der Waals surface area (Å²) < 4.78 is 5.25. The maximum atomic E-state index is 11.8. The van der Waals surface area contributed by atoms with Crippen molar-refractivity contribution < 1.29 is 14.3 Å². The number of amides is 2. The summed E-state index contributed by atoms with van der Waals surface area (Å²) in [6.07, 6.45) is 1.36. The van der Waals surface area contributed by atoms with Crippen molar-refractivity contribution in [1.29, 1.82) is 0 Å². The highest BCUT2D eigenvalue weighted by Gasteiger charge is 2.17. The molecule has 0 bridgehead atoms. The zero-order valence-electron chi connectivity index (χ0n) is 11.3. The number of carbonyl (C=O) groups excluding carboxylic acids is 2. The molecular weight excluding hydrogens is 258 g/mol. The molecule has 6 heteroatoms. The van der Waals surface area contributed by atoms with Gasteiger partial charge >= 0.3 is 0 Å². The van der Waals surface area contributed by atoms with Gasteiger partial charge in [-0.15, -0.1) is 0 Å². The lowest BCUT2D eigenvalue weighted by Gasteiger charge is -2.12. The van der Waals surface area contributed by atoms with Crippen LogP contribution in [0.4, 0.5) is 0 Å². The Balaban J connectivity index is 1.84. The summed E-state index contributed by atoms with van der Waals surface area (Å²) in [6.45, 7) is 0.492. The number of hydrazone groups is 1. The number of hydrogen-bond donors (Lipinski definition) is 2. The Morgan fingerprint density at radius 3 is 2.90 bits per heavy atom. The lowest BCUT2D eigenvalue weighted by molar-refractivity contribution is -0.121. The third-order valence-electron chi connectivity index (χ3n) is 3.04. The molecule has 1 aromatic carbocycles. The van der Waals surface area contributed by atoms with Gasteiger partial charge in [0.15, 0.2) is 0 Å². The first-order valence-electron chi connectivity index (χ1n) is 6.46. The van der Waals surface area contributed by atoms with Crippen LogP contribution >= 0.6 is 0 Å². The topological polar surface area (TPSA) is 79.8 Å². The number of nitrogens with one attached hydrogen (secondary N) is 2. The van der Waals surface area contributed by atoms with Crippen molar-refractivity contribution in [2.45, 2.75) is 19.3 Å². The molecule has 0 saturated carbocycles. The fourth-order valence-electron chi connectivity index (χ4n) is 1.96. The molecule has 0 aromatic heterocycles. The normalized spacial score (nSPS) is 14.2. The van der Waals surface area contributed by atoms with Crippen LogP contribution in [-0.4, -0.2) is 31.2 Å². The van der Waals surface area contributed by atoms with E-state index in [1.54, 1.807) is 7.11 Å². The Morgan fingerprint density at radius 2 is 2.20 bits per heavy atom. The number of hydrogen-bond acceptors (Lipinski definition) is 4. The average Bonchev–Trinajstić information content (AvgIpc) is 2.48. The van der Waals surface area contributed by atoms with Gasteiger partial charge in [-0.2, -0.15) is 5.10 Å². The molecule has 0 saturated heterocycles. The molecule has 0 atom stereocenters. The van der Waals surface area contributed by atoms with Crippen LogP contribution in [-0.2, 0) is 16.0 Å². The molecule has 0 spiro atoms. The Bertz CT molecular complexity index is 540. The lowest BCUT2D eigenvalue weighted by Crippen LogP contribution is -2.37. The van der Waals surface area contributed by atoms with Crippen LogP contribution in [0.1, 0.15) is 18.4 Å². The summed E-state index contributed by atoms with van der Waals surface area (Å²) >= 11 is 0. The van der Waals surface area contributed by atoms with Gasteiger partial charge in [-0.1, -0.05) is 18.2 Å². The van der Waals surface area contributed by atoms with Crippen LogP contribution in [0, 0.1) is 0 Å². The summed E-state index contributed by atoms with van der Waals surface area (Å²) in [4.78, 5) is 22.8. The highest BCUT2D eigenvalue weighted by atomic mass is 16.5. The van der Waals surface area contributed by atoms with Crippen molar-refractivity contribution in [2.75, 3.05) is 13.7 Å². The van der Waals surface area contributed by atoms with Crippen molar-refractivity contribution in [1.82, 2.24) is 10.7 Å². The van der Waals surface area contributed by atoms with Gasteiger partial charge in [-0.3, -0.25) is 9.59 Å². The molecule has 1 heterocycles. The molecule has 2 N–H and O–H groups in total. The minimum Gasteiger partial charge on any atom is -0.496 e. The van der Waals surface area contributed by atoms with E-state index in [1.165, 1.54) is 0 Å². The smallest absolute Gasteiger partial charge is 0.267 e. The van der Waals surface area contributed by atoms with E-state index in [9.17, 15) is 9.59 Å². The van der Waals surface area contributed by atoms with E-state index in [0.717, 1.165) is 11.3 Å². The standard InChI is InChI=1S/C14H17N3O3/c1-20-12-5-3-2-4-10(12)8-9-15-14(19)11-6-7-13(18)17-16-11/h2-5H,6-9H2,1H3,(H,15,19)(H,17,18). The van der Waals surface area contributed by atoms with E-state index >= 15 is 0 Å². The second-order valence-corrected chi connectivity index (χ2v) is 4.41. The largest absolute Gasteiger partial charge is 0.496 e. The number of nitrogens with zero attached hydrogens (tertiary/aromatic N) is 1. The number of carbonyl (C=O) groups is 2. The zero-order valence-corrected chi connectivity index (χ0v) is 11.3. The molecule has 6 nitrogen and oxygen atoms in total. The van der Waals surface area contributed by atoms with Gasteiger partial charge < -0.3 is 10.1 Å². The molecule has 0 unspecified atom stereocenters. The van der Waals surface area contributed by atoms with Crippen LogP contribution in [0.5, 0.6) is 5.75 Å². The Hall–Kier alpha value is -2.37. The predicted molar refractivity (Wildman–Crippen MR) is 74.5 cm³/mol. The first-order valence-corrected chi connectivity index (χ1v) is 6.46. The molecular formula is C14H17N3O3. The maximum absolute atomic E-state index is 11.8. The second-order valence-electron chi connectivity index (χ2n) is 4.41. The SMILES string of the molecule is COc1ccccc1CCNC(=O)C1=NNC(=O)CC1. The monoisotopic (exact) mass is 275 g/mol. The molecule has 1 aliphatic rings. The molecule has 1 aromatic rings. The average molecular weight is 275 g/mol. The third kappa shape index (κ3) is 3.57. The minimum atomic E-state index is -0.236. The van der Waals surface area contributed by atoms with E-state index in [-0.39, 0.29) is 11.8 Å². The molecule has 2 rings (SSSR count). The Kier molecular flexibility index (Phi) is 4.70. The summed E-state index contributed by atoms with van der Waals surface area (Å²) in [6, 6.07) is 7.68. The van der Waals surface area contributed by atoms with Gasteiger partial charge in [-0.25, -0.2) is 5.43 Å². The summed E-state index contributed by atoms with van der Waals surface area (Å²) in [7, 11) is 1.62. The molecule has 0 radical (unpaired) electrons. The fourth-order valence-corrected chi connectivity index (χ4v) is 1.96. The highest BCUT2D eigenvalue weighted by molar-refractivity contribution is 6.39. The van der Waals surface area contributed by atoms with E-state index < -0.39 is 0 Å². The second kappa shape index (κ2) is 6.70. The highest BCUT2D eigenvalue weighted by Crippen LogP contribution is 2.17. The molecule has 0 aliphatic carbocycles. The van der Waals surface area contributed by atoms with Crippen molar-refractivity contribution in [3.63, 3.8) is 0 Å². The first-order chi connectivity index (χ1) is 9.70. The van der Waals surface area contributed by atoms with Crippen molar-refractivity contribution in [3.05, 3.63) is 29.8 Å². The number of para-hydroxylation sites is 1. The zero-order chi connectivity index (χ0) is 14.4. The summed E-state index contributed by atoms with van der Waals surface area (Å²) in [5.74, 6) is 0.416. The quantitative estimate of drug-likeness (QED) is 0.826. The van der Waals surface area contributed by atoms with Crippen molar-refractivity contribution in [2.24, 2.45) is 5.10 Å². The van der Waals surface area contributed by atoms with E-state index in [0.29, 0.717) is 31.5 Å². The van der Waals surface area contributed by atoms with Gasteiger partial charge in [-0.05, 0) is 18.1 Å². The maximum Gasteiger partial charge on any atom is 0.267 e. The molecule has 106 valence electrons. The van der Waals surface area contributed by atoms with E-state index in [1.807, 2.05) is 24.3 Å². The number of methoxy groups -OCH3 is 1. The molecule has 0 fully saturated rings. The van der Waals surface area contributed by atoms with Crippen LogP contribution in [0.25, 0.3) is 0 Å². The molecule has 1 aliphatic heterocycles. The summed E-state index contributed by atoms with van der Waals surface area (Å²) in [5.41, 5.74) is 3.71. The van der Waals surface area contributed by atoms with E-state index in [4.69, 9.17) is 4.74 Å². The van der Waals surface area contributed by atoms with Gasteiger partial charge in [0.05, 0.1) is 7.11 Å². The van der Waals surface area contributed by atoms with Crippen LogP contribution in [0.3, 0.4) is 0 Å². The summed E-state index contributed by atoms with van der Waals surface area (Å²) in [5, 5.41) is 6.54. The van der Waals surface area contributed by atoms with Crippen LogP contribution in [0.15, 0.2) is 29.4 Å².